The average Bonchev–Trinajstić information content (AvgIpc) is 2.30. The van der Waals surface area contributed by atoms with Crippen LogP contribution in [0, 0.1) is 5.92 Å². The van der Waals surface area contributed by atoms with E-state index in [0.29, 0.717) is 6.42 Å². The summed E-state index contributed by atoms with van der Waals surface area (Å²) in [4.78, 5) is 10.6. The number of aliphatic carboxylic acids is 1. The molecule has 1 aliphatic rings. The summed E-state index contributed by atoms with van der Waals surface area (Å²) >= 11 is 0. The minimum absolute atomic E-state index is 0.290. The summed E-state index contributed by atoms with van der Waals surface area (Å²) in [5.41, 5.74) is 0. The predicted octanol–water partition coefficient (Wildman–Crippen LogP) is 0.245. The Labute approximate surface area is 71.2 Å². The molecule has 1 saturated heterocycles. The molecular weight excluding hydrogens is 160 g/mol. The van der Waals surface area contributed by atoms with Crippen molar-refractivity contribution in [1.82, 2.24) is 0 Å². The van der Waals surface area contributed by atoms with Gasteiger partial charge in [-0.2, -0.15) is 0 Å². The highest BCUT2D eigenvalue weighted by Crippen LogP contribution is 2.28. The first-order valence-corrected chi connectivity index (χ1v) is 4.08. The van der Waals surface area contributed by atoms with Crippen LogP contribution in [0.1, 0.15) is 20.3 Å². The lowest BCUT2D eigenvalue weighted by atomic mass is 9.99. The Kier molecular flexibility index (Phi) is 2.69. The second-order valence-corrected chi connectivity index (χ2v) is 3.30. The Morgan fingerprint density at radius 3 is 2.50 bits per heavy atom. The number of carbonyl (C=O) groups is 1. The van der Waals surface area contributed by atoms with Crippen LogP contribution >= 0.6 is 0 Å². The lowest BCUT2D eigenvalue weighted by molar-refractivity contribution is -0.143. The van der Waals surface area contributed by atoms with E-state index in [1.807, 2.05) is 0 Å². The van der Waals surface area contributed by atoms with Gasteiger partial charge in [-0.25, -0.2) is 0 Å². The van der Waals surface area contributed by atoms with Crippen molar-refractivity contribution in [3.8, 4) is 0 Å². The van der Waals surface area contributed by atoms with Crippen molar-refractivity contribution < 1.29 is 19.7 Å². The van der Waals surface area contributed by atoms with Gasteiger partial charge in [0.25, 0.3) is 0 Å². The van der Waals surface area contributed by atoms with Gasteiger partial charge >= 0.3 is 5.97 Å². The smallest absolute Gasteiger partial charge is 0.309 e. The molecule has 4 heteroatoms. The normalized spacial score (nSPS) is 38.1. The summed E-state index contributed by atoms with van der Waals surface area (Å²) in [5.74, 6) is -1.31. The van der Waals surface area contributed by atoms with E-state index in [2.05, 4.69) is 0 Å². The second-order valence-electron chi connectivity index (χ2n) is 3.30. The van der Waals surface area contributed by atoms with Crippen molar-refractivity contribution in [2.45, 2.75) is 38.6 Å². The summed E-state index contributed by atoms with van der Waals surface area (Å²) < 4.78 is 5.27. The zero-order valence-corrected chi connectivity index (χ0v) is 7.23. The Balaban J connectivity index is 2.56. The van der Waals surface area contributed by atoms with Crippen LogP contribution in [-0.2, 0) is 9.53 Å². The highest BCUT2D eigenvalue weighted by atomic mass is 16.5. The topological polar surface area (TPSA) is 66.8 Å². The molecule has 0 saturated carbocycles. The number of carboxylic acids is 1. The van der Waals surface area contributed by atoms with E-state index in [4.69, 9.17) is 14.9 Å². The maximum atomic E-state index is 10.6. The van der Waals surface area contributed by atoms with Crippen molar-refractivity contribution in [2.75, 3.05) is 0 Å². The van der Waals surface area contributed by atoms with Gasteiger partial charge in [0.1, 0.15) is 0 Å². The Bertz CT molecular complexity index is 178. The van der Waals surface area contributed by atoms with Crippen LogP contribution in [0.5, 0.6) is 0 Å². The maximum absolute atomic E-state index is 10.6. The van der Waals surface area contributed by atoms with Crippen molar-refractivity contribution in [2.24, 2.45) is 5.92 Å². The number of hydrogen-bond acceptors (Lipinski definition) is 3. The molecule has 1 aliphatic heterocycles. The molecule has 1 fully saturated rings. The molecule has 4 atom stereocenters. The van der Waals surface area contributed by atoms with E-state index in [1.54, 1.807) is 13.8 Å². The summed E-state index contributed by atoms with van der Waals surface area (Å²) in [6.45, 7) is 3.34. The van der Waals surface area contributed by atoms with Crippen LogP contribution in [0.25, 0.3) is 0 Å². The second kappa shape index (κ2) is 3.41. The van der Waals surface area contributed by atoms with E-state index in [0.717, 1.165) is 0 Å². The van der Waals surface area contributed by atoms with Crippen molar-refractivity contribution in [1.29, 1.82) is 0 Å². The van der Waals surface area contributed by atoms with E-state index in [9.17, 15) is 4.79 Å². The minimum atomic E-state index is -0.842. The zero-order valence-electron chi connectivity index (χ0n) is 7.23. The van der Waals surface area contributed by atoms with E-state index in [-0.39, 0.29) is 12.2 Å². The fourth-order valence-corrected chi connectivity index (χ4v) is 1.48. The van der Waals surface area contributed by atoms with E-state index in [1.165, 1.54) is 0 Å². The van der Waals surface area contributed by atoms with Gasteiger partial charge in [-0.05, 0) is 20.3 Å². The van der Waals surface area contributed by atoms with E-state index >= 15 is 0 Å². The molecule has 0 radical (unpaired) electrons. The van der Waals surface area contributed by atoms with Gasteiger partial charge in [-0.1, -0.05) is 0 Å². The summed E-state index contributed by atoms with van der Waals surface area (Å²) in [5, 5.41) is 17.9. The van der Waals surface area contributed by atoms with Crippen molar-refractivity contribution >= 4 is 5.97 Å². The summed E-state index contributed by atoms with van der Waals surface area (Å²) in [6.07, 6.45) is -0.784. The standard InChI is InChI=1S/C8H14O4/c1-4(9)7-3-6(8(10)11)5(2)12-7/h4-7,9H,3H2,1-2H3,(H,10,11)/t4-,5-,6-,7-/m1/s1. The molecule has 0 aromatic carbocycles. The molecular formula is C8H14O4. The lowest BCUT2D eigenvalue weighted by Crippen LogP contribution is -2.22. The SMILES string of the molecule is C[C@@H](O)[C@H]1C[C@@H](C(=O)O)[C@@H](C)O1. The molecule has 70 valence electrons. The molecule has 0 aliphatic carbocycles. The quantitative estimate of drug-likeness (QED) is 0.629. The molecule has 4 nitrogen and oxygen atoms in total. The predicted molar refractivity (Wildman–Crippen MR) is 41.8 cm³/mol. The largest absolute Gasteiger partial charge is 0.481 e. The van der Waals surface area contributed by atoms with Gasteiger partial charge in [0.2, 0.25) is 0 Å². The van der Waals surface area contributed by atoms with Gasteiger partial charge in [-0.3, -0.25) is 4.79 Å². The zero-order chi connectivity index (χ0) is 9.30. The molecule has 0 bridgehead atoms. The molecule has 12 heavy (non-hydrogen) atoms. The fraction of sp³-hybridized carbons (Fsp3) is 0.875. The van der Waals surface area contributed by atoms with Gasteiger partial charge in [0.15, 0.2) is 0 Å². The number of aliphatic hydroxyl groups excluding tert-OH is 1. The van der Waals surface area contributed by atoms with Gasteiger partial charge in [0.05, 0.1) is 24.2 Å². The Hall–Kier alpha value is -0.610. The highest BCUT2D eigenvalue weighted by Gasteiger charge is 2.38. The van der Waals surface area contributed by atoms with Crippen LogP contribution in [0.3, 0.4) is 0 Å². The van der Waals surface area contributed by atoms with Crippen molar-refractivity contribution in [3.05, 3.63) is 0 Å². The lowest BCUT2D eigenvalue weighted by Gasteiger charge is -2.12. The molecule has 0 spiro atoms. The molecule has 1 rings (SSSR count). The molecule has 2 N–H and O–H groups in total. The number of carboxylic acid groups (broad SMARTS) is 1. The summed E-state index contributed by atoms with van der Waals surface area (Å²) in [6, 6.07) is 0. The minimum Gasteiger partial charge on any atom is -0.481 e. The first-order valence-electron chi connectivity index (χ1n) is 4.08. The van der Waals surface area contributed by atoms with Crippen LogP contribution in [-0.4, -0.2) is 34.5 Å². The first kappa shape index (κ1) is 9.48. The highest BCUT2D eigenvalue weighted by molar-refractivity contribution is 5.71. The third kappa shape index (κ3) is 1.76. The average molecular weight is 174 g/mol. The fourth-order valence-electron chi connectivity index (χ4n) is 1.48. The van der Waals surface area contributed by atoms with Gasteiger partial charge in [0, 0.05) is 0 Å². The third-order valence-corrected chi connectivity index (χ3v) is 2.30. The Morgan fingerprint density at radius 1 is 1.67 bits per heavy atom. The van der Waals surface area contributed by atoms with Crippen LogP contribution in [0.4, 0.5) is 0 Å². The molecule has 1 heterocycles. The van der Waals surface area contributed by atoms with Crippen LogP contribution < -0.4 is 0 Å². The van der Waals surface area contributed by atoms with Crippen molar-refractivity contribution in [3.63, 3.8) is 0 Å². The number of ether oxygens (including phenoxy) is 1. The number of hydrogen-bond donors (Lipinski definition) is 2. The van der Waals surface area contributed by atoms with E-state index < -0.39 is 18.0 Å². The first-order chi connectivity index (χ1) is 5.52. The van der Waals surface area contributed by atoms with Gasteiger partial charge < -0.3 is 14.9 Å². The molecule has 0 amide bonds. The van der Waals surface area contributed by atoms with Crippen LogP contribution in [0.2, 0.25) is 0 Å². The monoisotopic (exact) mass is 174 g/mol. The molecule has 0 aromatic heterocycles. The summed E-state index contributed by atoms with van der Waals surface area (Å²) in [7, 11) is 0. The molecule has 0 aromatic rings. The van der Waals surface area contributed by atoms with Crippen LogP contribution in [0.15, 0.2) is 0 Å². The van der Waals surface area contributed by atoms with Gasteiger partial charge in [-0.15, -0.1) is 0 Å². The number of rotatable bonds is 2. The molecule has 0 unspecified atom stereocenters. The third-order valence-electron chi connectivity index (χ3n) is 2.30. The Morgan fingerprint density at radius 2 is 2.25 bits per heavy atom. The maximum Gasteiger partial charge on any atom is 0.309 e. The number of aliphatic hydroxyl groups is 1.